The van der Waals surface area contributed by atoms with E-state index in [4.69, 9.17) is 4.98 Å². The molecule has 196 valence electrons. The maximum absolute atomic E-state index is 13.1. The number of piperidine rings is 2. The fourth-order valence-corrected chi connectivity index (χ4v) is 7.56. The van der Waals surface area contributed by atoms with E-state index in [2.05, 4.69) is 10.2 Å². The number of nitrogens with one attached hydrogen (secondary N) is 1. The Labute approximate surface area is 215 Å². The molecular formula is C28H40N4O3S. The molecule has 1 aliphatic carbocycles. The van der Waals surface area contributed by atoms with Crippen LogP contribution < -0.4 is 10.2 Å². The van der Waals surface area contributed by atoms with Crippen molar-refractivity contribution in [2.24, 2.45) is 5.92 Å². The quantitative estimate of drug-likeness (QED) is 0.619. The van der Waals surface area contributed by atoms with Crippen molar-refractivity contribution in [1.82, 2.24) is 14.6 Å². The van der Waals surface area contributed by atoms with Crippen molar-refractivity contribution in [3.05, 3.63) is 30.3 Å². The lowest BCUT2D eigenvalue weighted by Crippen LogP contribution is -2.46. The maximum atomic E-state index is 13.1. The highest BCUT2D eigenvalue weighted by Crippen LogP contribution is 2.28. The number of nitrogens with zero attached hydrogens (tertiary/aromatic N) is 3. The highest BCUT2D eigenvalue weighted by atomic mass is 32.2. The first-order valence-corrected chi connectivity index (χ1v) is 15.4. The van der Waals surface area contributed by atoms with Crippen molar-refractivity contribution < 1.29 is 13.2 Å². The summed E-state index contributed by atoms with van der Waals surface area (Å²) in [7, 11) is -3.47. The van der Waals surface area contributed by atoms with Gasteiger partial charge in [0, 0.05) is 37.6 Å². The molecule has 1 aromatic carbocycles. The number of hydrogen-bond donors (Lipinski definition) is 1. The third kappa shape index (κ3) is 5.86. The van der Waals surface area contributed by atoms with Gasteiger partial charge in [0.2, 0.25) is 15.9 Å². The molecule has 5 rings (SSSR count). The molecule has 1 N–H and O–H groups in total. The number of carbonyl (C=O) groups is 1. The van der Waals surface area contributed by atoms with Crippen molar-refractivity contribution in [2.75, 3.05) is 31.1 Å². The van der Waals surface area contributed by atoms with Gasteiger partial charge < -0.3 is 10.2 Å². The van der Waals surface area contributed by atoms with Crippen LogP contribution in [0, 0.1) is 5.92 Å². The average Bonchev–Trinajstić information content (AvgIpc) is 2.90. The molecule has 36 heavy (non-hydrogen) atoms. The van der Waals surface area contributed by atoms with E-state index in [0.29, 0.717) is 30.6 Å². The van der Waals surface area contributed by atoms with E-state index in [9.17, 15) is 13.2 Å². The zero-order valence-electron chi connectivity index (χ0n) is 21.3. The third-order valence-electron chi connectivity index (χ3n) is 8.17. The maximum Gasteiger partial charge on any atom is 0.243 e. The second-order valence-corrected chi connectivity index (χ2v) is 12.8. The minimum absolute atomic E-state index is 0.0150. The largest absolute Gasteiger partial charge is 0.356 e. The van der Waals surface area contributed by atoms with Gasteiger partial charge in [-0.2, -0.15) is 4.31 Å². The molecule has 1 unspecified atom stereocenters. The molecular weight excluding hydrogens is 472 g/mol. The number of aromatic nitrogens is 1. The van der Waals surface area contributed by atoms with Gasteiger partial charge in [-0.25, -0.2) is 13.4 Å². The fraction of sp³-hybridized carbons (Fsp3) is 0.643. The highest BCUT2D eigenvalue weighted by Gasteiger charge is 2.29. The molecule has 0 radical (unpaired) electrons. The fourth-order valence-electron chi connectivity index (χ4n) is 6.00. The molecule has 2 saturated heterocycles. The highest BCUT2D eigenvalue weighted by molar-refractivity contribution is 7.89. The van der Waals surface area contributed by atoms with Crippen LogP contribution >= 0.6 is 0 Å². The molecule has 0 spiro atoms. The Hall–Kier alpha value is -2.19. The first-order chi connectivity index (χ1) is 17.5. The summed E-state index contributed by atoms with van der Waals surface area (Å²) in [5.41, 5.74) is 0.784. The van der Waals surface area contributed by atoms with Gasteiger partial charge in [0.05, 0.1) is 16.3 Å². The van der Waals surface area contributed by atoms with E-state index in [1.165, 1.54) is 32.1 Å². The molecule has 2 aliphatic heterocycles. The summed E-state index contributed by atoms with van der Waals surface area (Å²) in [6.45, 7) is 2.76. The number of sulfonamides is 1. The van der Waals surface area contributed by atoms with Crippen LogP contribution in [0.2, 0.25) is 0 Å². The summed E-state index contributed by atoms with van der Waals surface area (Å²) in [4.78, 5) is 20.5. The van der Waals surface area contributed by atoms with Crippen LogP contribution in [0.3, 0.4) is 0 Å². The monoisotopic (exact) mass is 512 g/mol. The smallest absolute Gasteiger partial charge is 0.243 e. The normalized spacial score (nSPS) is 23.2. The van der Waals surface area contributed by atoms with Gasteiger partial charge in [0.25, 0.3) is 0 Å². The van der Waals surface area contributed by atoms with Crippen LogP contribution in [0.5, 0.6) is 0 Å². The zero-order valence-corrected chi connectivity index (χ0v) is 22.1. The molecule has 7 nitrogen and oxygen atoms in total. The van der Waals surface area contributed by atoms with Crippen molar-refractivity contribution in [2.45, 2.75) is 88.0 Å². The van der Waals surface area contributed by atoms with Crippen molar-refractivity contribution in [3.63, 3.8) is 0 Å². The topological polar surface area (TPSA) is 82.6 Å². The predicted octanol–water partition coefficient (Wildman–Crippen LogP) is 4.85. The molecule has 2 aromatic rings. The number of pyridine rings is 1. The molecule has 3 heterocycles. The van der Waals surface area contributed by atoms with Gasteiger partial charge in [-0.15, -0.1) is 0 Å². The number of anilines is 1. The lowest BCUT2D eigenvalue weighted by Gasteiger charge is -2.34. The van der Waals surface area contributed by atoms with Crippen LogP contribution in [0.1, 0.15) is 77.0 Å². The molecule has 1 aromatic heterocycles. The zero-order chi connectivity index (χ0) is 25.0. The summed E-state index contributed by atoms with van der Waals surface area (Å²) in [5.74, 6) is 1.04. The number of carbonyl (C=O) groups excluding carboxylic acids is 1. The first-order valence-electron chi connectivity index (χ1n) is 14.0. The second-order valence-electron chi connectivity index (χ2n) is 10.8. The minimum Gasteiger partial charge on any atom is -0.356 e. The molecule has 1 atom stereocenters. The average molecular weight is 513 g/mol. The number of hydrogen-bond acceptors (Lipinski definition) is 5. The molecule has 3 fully saturated rings. The van der Waals surface area contributed by atoms with Gasteiger partial charge >= 0.3 is 0 Å². The summed E-state index contributed by atoms with van der Waals surface area (Å²) in [6, 6.07) is 9.50. The molecule has 1 amide bonds. The van der Waals surface area contributed by atoms with Crippen molar-refractivity contribution in [1.29, 1.82) is 0 Å². The Morgan fingerprint density at radius 3 is 2.33 bits per heavy atom. The summed E-state index contributed by atoms with van der Waals surface area (Å²) in [6.07, 6.45) is 13.3. The van der Waals surface area contributed by atoms with Crippen LogP contribution in [-0.4, -0.2) is 55.8 Å². The van der Waals surface area contributed by atoms with Crippen LogP contribution in [0.4, 0.5) is 5.82 Å². The number of amides is 1. The predicted molar refractivity (Wildman–Crippen MR) is 144 cm³/mol. The van der Waals surface area contributed by atoms with Crippen LogP contribution in [-0.2, 0) is 14.8 Å². The second kappa shape index (κ2) is 11.5. The molecule has 8 heteroatoms. The van der Waals surface area contributed by atoms with E-state index < -0.39 is 10.0 Å². The Kier molecular flexibility index (Phi) is 8.11. The lowest BCUT2D eigenvalue weighted by atomic mass is 9.94. The summed E-state index contributed by atoms with van der Waals surface area (Å²) < 4.78 is 27.8. The number of rotatable bonds is 5. The van der Waals surface area contributed by atoms with E-state index in [0.717, 1.165) is 68.2 Å². The molecule has 3 aliphatic rings. The Bertz CT molecular complexity index is 1150. The Morgan fingerprint density at radius 1 is 0.833 bits per heavy atom. The lowest BCUT2D eigenvalue weighted by molar-refractivity contribution is -0.126. The van der Waals surface area contributed by atoms with Gasteiger partial charge in [0.15, 0.2) is 0 Å². The van der Waals surface area contributed by atoms with E-state index in [-0.39, 0.29) is 11.8 Å². The van der Waals surface area contributed by atoms with Gasteiger partial charge in [-0.1, -0.05) is 38.5 Å². The molecule has 1 saturated carbocycles. The molecule has 0 bridgehead atoms. The van der Waals surface area contributed by atoms with Crippen molar-refractivity contribution >= 4 is 32.7 Å². The summed E-state index contributed by atoms with van der Waals surface area (Å²) in [5, 5.41) is 4.18. The van der Waals surface area contributed by atoms with Gasteiger partial charge in [-0.05, 0) is 68.9 Å². The van der Waals surface area contributed by atoms with Crippen molar-refractivity contribution in [3.8, 4) is 0 Å². The number of fused-ring (bicyclic) bond motifs is 1. The minimum atomic E-state index is -3.47. The van der Waals surface area contributed by atoms with E-state index in [1.807, 2.05) is 18.2 Å². The number of benzene rings is 1. The van der Waals surface area contributed by atoms with Gasteiger partial charge in [-0.3, -0.25) is 4.79 Å². The Morgan fingerprint density at radius 2 is 1.56 bits per heavy atom. The standard InChI is InChI=1S/C28H40N4O3S/c33-28(29-24-11-5-2-1-3-6-12-24)23-10-9-17-31(21-23)27-16-13-22-20-25(14-15-26(22)30-27)36(34,35)32-18-7-4-8-19-32/h13-16,20,23-24H,1-12,17-19,21H2,(H,29,33). The van der Waals surface area contributed by atoms with Crippen LogP contribution in [0.25, 0.3) is 10.9 Å². The van der Waals surface area contributed by atoms with E-state index in [1.54, 1.807) is 16.4 Å². The van der Waals surface area contributed by atoms with Crippen LogP contribution in [0.15, 0.2) is 35.2 Å². The van der Waals surface area contributed by atoms with Gasteiger partial charge in [0.1, 0.15) is 5.82 Å². The first kappa shape index (κ1) is 25.5. The summed E-state index contributed by atoms with van der Waals surface area (Å²) >= 11 is 0. The SMILES string of the molecule is O=C(NC1CCCCCCC1)C1CCCN(c2ccc3cc(S(=O)(=O)N4CCCCC4)ccc3n2)C1. The Balaban J connectivity index is 1.26. The third-order valence-corrected chi connectivity index (χ3v) is 10.1. The van der Waals surface area contributed by atoms with E-state index >= 15 is 0 Å².